The maximum atomic E-state index is 12.1. The van der Waals surface area contributed by atoms with Gasteiger partial charge in [0.1, 0.15) is 5.82 Å². The summed E-state index contributed by atoms with van der Waals surface area (Å²) in [5.74, 6) is 0.719. The number of amides is 1. The van der Waals surface area contributed by atoms with Gasteiger partial charge >= 0.3 is 0 Å². The normalized spacial score (nSPS) is 11.8. The van der Waals surface area contributed by atoms with E-state index in [1.807, 2.05) is 62.3 Å². The van der Waals surface area contributed by atoms with Crippen LogP contribution in [0.2, 0.25) is 0 Å². The predicted molar refractivity (Wildman–Crippen MR) is 80.9 cm³/mol. The molecule has 0 aliphatic rings. The minimum atomic E-state index is -0.112. The minimum Gasteiger partial charge on any atom is -0.363 e. The summed E-state index contributed by atoms with van der Waals surface area (Å²) in [4.78, 5) is 18.3. The van der Waals surface area contributed by atoms with Gasteiger partial charge in [0.25, 0.3) is 5.91 Å². The van der Waals surface area contributed by atoms with E-state index in [-0.39, 0.29) is 11.9 Å². The Labute approximate surface area is 119 Å². The highest BCUT2D eigenvalue weighted by atomic mass is 16.1. The molecule has 20 heavy (non-hydrogen) atoms. The lowest BCUT2D eigenvalue weighted by Crippen LogP contribution is -2.26. The minimum absolute atomic E-state index is 0.0303. The van der Waals surface area contributed by atoms with Crippen molar-refractivity contribution >= 4 is 11.7 Å². The highest BCUT2D eigenvalue weighted by molar-refractivity contribution is 5.94. The fourth-order valence-electron chi connectivity index (χ4n) is 1.89. The molecular formula is C16H19N3O. The number of carbonyl (C=O) groups excluding carboxylic acids is 1. The molecule has 0 fully saturated rings. The zero-order chi connectivity index (χ0) is 14.5. The summed E-state index contributed by atoms with van der Waals surface area (Å²) in [6, 6.07) is 13.5. The van der Waals surface area contributed by atoms with Crippen LogP contribution in [-0.4, -0.2) is 25.0 Å². The Balaban J connectivity index is 2.05. The first kappa shape index (κ1) is 14.1. The average molecular weight is 269 g/mol. The second-order valence-electron chi connectivity index (χ2n) is 4.91. The summed E-state index contributed by atoms with van der Waals surface area (Å²) in [7, 11) is 3.83. The number of rotatable bonds is 4. The predicted octanol–water partition coefficient (Wildman–Crippen LogP) is 2.64. The van der Waals surface area contributed by atoms with Gasteiger partial charge in [0, 0.05) is 20.3 Å². The quantitative estimate of drug-likeness (QED) is 0.928. The van der Waals surface area contributed by atoms with Crippen LogP contribution in [0.15, 0.2) is 48.7 Å². The Morgan fingerprint density at radius 1 is 1.15 bits per heavy atom. The van der Waals surface area contributed by atoms with E-state index in [1.54, 1.807) is 12.3 Å². The Kier molecular flexibility index (Phi) is 4.35. The largest absolute Gasteiger partial charge is 0.363 e. The molecule has 1 aromatic carbocycles. The molecule has 104 valence electrons. The van der Waals surface area contributed by atoms with Gasteiger partial charge < -0.3 is 10.2 Å². The summed E-state index contributed by atoms with van der Waals surface area (Å²) in [5.41, 5.74) is 1.65. The van der Waals surface area contributed by atoms with E-state index >= 15 is 0 Å². The van der Waals surface area contributed by atoms with Crippen molar-refractivity contribution in [1.82, 2.24) is 10.3 Å². The van der Waals surface area contributed by atoms with E-state index in [4.69, 9.17) is 0 Å². The zero-order valence-electron chi connectivity index (χ0n) is 12.0. The Morgan fingerprint density at radius 3 is 2.40 bits per heavy atom. The number of nitrogens with zero attached hydrogens (tertiary/aromatic N) is 2. The molecule has 1 heterocycles. The Morgan fingerprint density at radius 2 is 1.85 bits per heavy atom. The fraction of sp³-hybridized carbons (Fsp3) is 0.250. The topological polar surface area (TPSA) is 45.2 Å². The van der Waals surface area contributed by atoms with Gasteiger partial charge in [-0.1, -0.05) is 30.3 Å². The lowest BCUT2D eigenvalue weighted by atomic mass is 10.1. The molecule has 2 rings (SSSR count). The van der Waals surface area contributed by atoms with Crippen LogP contribution in [0.1, 0.15) is 28.9 Å². The van der Waals surface area contributed by atoms with Crippen LogP contribution in [-0.2, 0) is 0 Å². The number of hydrogen-bond donors (Lipinski definition) is 1. The Bertz CT molecular complexity index is 564. The third kappa shape index (κ3) is 3.35. The van der Waals surface area contributed by atoms with Crippen molar-refractivity contribution in [2.24, 2.45) is 0 Å². The standard InChI is InChI=1S/C16H19N3O/c1-12(13-7-5-4-6-8-13)18-16(20)14-9-10-15(17-11-14)19(2)3/h4-12H,1-3H3,(H,18,20)/t12-/m1/s1. The van der Waals surface area contributed by atoms with Crippen molar-refractivity contribution in [3.8, 4) is 0 Å². The van der Waals surface area contributed by atoms with Crippen molar-refractivity contribution in [1.29, 1.82) is 0 Å². The fourth-order valence-corrected chi connectivity index (χ4v) is 1.89. The molecule has 1 N–H and O–H groups in total. The van der Waals surface area contributed by atoms with Crippen LogP contribution in [0.25, 0.3) is 0 Å². The first-order valence-electron chi connectivity index (χ1n) is 6.57. The van der Waals surface area contributed by atoms with Gasteiger partial charge in [0.2, 0.25) is 0 Å². The molecule has 0 bridgehead atoms. The van der Waals surface area contributed by atoms with Gasteiger partial charge in [-0.15, -0.1) is 0 Å². The van der Waals surface area contributed by atoms with Crippen molar-refractivity contribution in [2.75, 3.05) is 19.0 Å². The molecule has 0 aliphatic carbocycles. The van der Waals surface area contributed by atoms with Crippen molar-refractivity contribution in [3.63, 3.8) is 0 Å². The average Bonchev–Trinajstić information content (AvgIpc) is 2.48. The van der Waals surface area contributed by atoms with Gasteiger partial charge in [0.05, 0.1) is 11.6 Å². The lowest BCUT2D eigenvalue weighted by molar-refractivity contribution is 0.0939. The van der Waals surface area contributed by atoms with Crippen molar-refractivity contribution in [2.45, 2.75) is 13.0 Å². The molecule has 0 unspecified atom stereocenters. The molecule has 0 saturated heterocycles. The zero-order valence-corrected chi connectivity index (χ0v) is 12.0. The van der Waals surface area contributed by atoms with Crippen LogP contribution in [0, 0.1) is 0 Å². The van der Waals surface area contributed by atoms with Gasteiger partial charge in [-0.2, -0.15) is 0 Å². The van der Waals surface area contributed by atoms with Crippen LogP contribution >= 0.6 is 0 Å². The van der Waals surface area contributed by atoms with Gasteiger partial charge in [0.15, 0.2) is 0 Å². The third-order valence-electron chi connectivity index (χ3n) is 3.12. The molecule has 1 atom stereocenters. The second-order valence-corrected chi connectivity index (χ2v) is 4.91. The van der Waals surface area contributed by atoms with E-state index < -0.39 is 0 Å². The molecule has 0 saturated carbocycles. The third-order valence-corrected chi connectivity index (χ3v) is 3.12. The van der Waals surface area contributed by atoms with Gasteiger partial charge in [-0.3, -0.25) is 4.79 Å². The first-order valence-corrected chi connectivity index (χ1v) is 6.57. The van der Waals surface area contributed by atoms with Crippen molar-refractivity contribution < 1.29 is 4.79 Å². The SMILES string of the molecule is C[C@@H](NC(=O)c1ccc(N(C)C)nc1)c1ccccc1. The number of pyridine rings is 1. The number of carbonyl (C=O) groups is 1. The van der Waals surface area contributed by atoms with E-state index in [0.29, 0.717) is 5.56 Å². The van der Waals surface area contributed by atoms with E-state index in [0.717, 1.165) is 11.4 Å². The van der Waals surface area contributed by atoms with E-state index in [2.05, 4.69) is 10.3 Å². The summed E-state index contributed by atoms with van der Waals surface area (Å²) >= 11 is 0. The summed E-state index contributed by atoms with van der Waals surface area (Å²) in [6.45, 7) is 1.97. The molecule has 0 aliphatic heterocycles. The maximum absolute atomic E-state index is 12.1. The molecule has 1 amide bonds. The molecule has 0 spiro atoms. The number of anilines is 1. The van der Waals surface area contributed by atoms with Gasteiger partial charge in [-0.05, 0) is 24.6 Å². The molecular weight excluding hydrogens is 250 g/mol. The first-order chi connectivity index (χ1) is 9.58. The lowest BCUT2D eigenvalue weighted by Gasteiger charge is -2.15. The smallest absolute Gasteiger partial charge is 0.253 e. The highest BCUT2D eigenvalue weighted by Gasteiger charge is 2.11. The van der Waals surface area contributed by atoms with Crippen LogP contribution in [0.3, 0.4) is 0 Å². The number of benzene rings is 1. The number of nitrogens with one attached hydrogen (secondary N) is 1. The van der Waals surface area contributed by atoms with Crippen LogP contribution in [0.5, 0.6) is 0 Å². The molecule has 2 aromatic rings. The maximum Gasteiger partial charge on any atom is 0.253 e. The molecule has 1 aromatic heterocycles. The molecule has 4 nitrogen and oxygen atoms in total. The van der Waals surface area contributed by atoms with Gasteiger partial charge in [-0.25, -0.2) is 4.98 Å². The molecule has 4 heteroatoms. The summed E-state index contributed by atoms with van der Waals surface area (Å²) in [5, 5.41) is 2.97. The summed E-state index contributed by atoms with van der Waals surface area (Å²) in [6.07, 6.45) is 1.60. The highest BCUT2D eigenvalue weighted by Crippen LogP contribution is 2.13. The van der Waals surface area contributed by atoms with E-state index in [1.165, 1.54) is 0 Å². The van der Waals surface area contributed by atoms with Crippen LogP contribution < -0.4 is 10.2 Å². The number of aromatic nitrogens is 1. The second kappa shape index (κ2) is 6.19. The number of hydrogen-bond acceptors (Lipinski definition) is 3. The van der Waals surface area contributed by atoms with E-state index in [9.17, 15) is 4.79 Å². The molecule has 0 radical (unpaired) electrons. The monoisotopic (exact) mass is 269 g/mol. The van der Waals surface area contributed by atoms with Crippen molar-refractivity contribution in [3.05, 3.63) is 59.8 Å². The Hall–Kier alpha value is -2.36. The van der Waals surface area contributed by atoms with Crippen LogP contribution in [0.4, 0.5) is 5.82 Å². The summed E-state index contributed by atoms with van der Waals surface area (Å²) < 4.78 is 0.